The zero-order valence-electron chi connectivity index (χ0n) is 12.4. The first kappa shape index (κ1) is 20.2. The summed E-state index contributed by atoms with van der Waals surface area (Å²) in [7, 11) is 0. The number of esters is 1. The van der Waals surface area contributed by atoms with Gasteiger partial charge in [-0.25, -0.2) is 9.59 Å². The first-order valence-electron chi connectivity index (χ1n) is 6.34. The molecule has 0 aromatic rings. The van der Waals surface area contributed by atoms with Crippen LogP contribution in [0.15, 0.2) is 0 Å². The van der Waals surface area contributed by atoms with Gasteiger partial charge in [-0.05, 0) is 33.6 Å². The third kappa shape index (κ3) is 10.5. The third-order valence-electron chi connectivity index (χ3n) is 2.38. The van der Waals surface area contributed by atoms with Crippen LogP contribution >= 0.6 is 0 Å². The molecule has 1 unspecified atom stereocenters. The standard InChI is InChI=1S/C8H16O3.C5H10O3/c1-4-5-6-11-7(9)8(2,3)10;1-3-5(2,8)4(6)7/h10H,4-6H2,1-3H3;8H,3H2,1-2H3,(H,6,7). The summed E-state index contributed by atoms with van der Waals surface area (Å²) < 4.78 is 4.76. The molecule has 0 rings (SSSR count). The summed E-state index contributed by atoms with van der Waals surface area (Å²) >= 11 is 0. The minimum absolute atomic E-state index is 0.238. The topological polar surface area (TPSA) is 104 Å². The van der Waals surface area contributed by atoms with Crippen molar-refractivity contribution in [3.63, 3.8) is 0 Å². The van der Waals surface area contributed by atoms with Crippen LogP contribution in [0.3, 0.4) is 0 Å². The zero-order valence-corrected chi connectivity index (χ0v) is 12.4. The summed E-state index contributed by atoms with van der Waals surface area (Å²) in [4.78, 5) is 20.9. The van der Waals surface area contributed by atoms with E-state index in [1.54, 1.807) is 6.92 Å². The molecular formula is C13H26O6. The molecule has 114 valence electrons. The number of aliphatic carboxylic acids is 1. The number of carboxylic acids is 1. The van der Waals surface area contributed by atoms with Gasteiger partial charge in [0.15, 0.2) is 11.2 Å². The SMILES string of the molecule is CCC(C)(O)C(=O)O.CCCCOC(=O)C(C)(C)O. The molecule has 0 aliphatic rings. The Kier molecular flexibility index (Phi) is 9.43. The quantitative estimate of drug-likeness (QED) is 0.500. The second kappa shape index (κ2) is 8.87. The van der Waals surface area contributed by atoms with E-state index in [1.165, 1.54) is 20.8 Å². The number of hydrogen-bond acceptors (Lipinski definition) is 5. The van der Waals surface area contributed by atoms with Crippen LogP contribution in [-0.4, -0.2) is 45.1 Å². The molecule has 0 radical (unpaired) electrons. The molecule has 0 aliphatic heterocycles. The molecule has 0 saturated heterocycles. The van der Waals surface area contributed by atoms with Gasteiger partial charge in [0, 0.05) is 0 Å². The molecule has 0 fully saturated rings. The Morgan fingerprint density at radius 2 is 1.58 bits per heavy atom. The Balaban J connectivity index is 0. The van der Waals surface area contributed by atoms with Gasteiger partial charge in [-0.3, -0.25) is 0 Å². The maximum atomic E-state index is 10.9. The Morgan fingerprint density at radius 3 is 1.79 bits per heavy atom. The minimum Gasteiger partial charge on any atom is -0.479 e. The van der Waals surface area contributed by atoms with Crippen molar-refractivity contribution in [2.45, 2.75) is 65.1 Å². The molecule has 3 N–H and O–H groups in total. The summed E-state index contributed by atoms with van der Waals surface area (Å²) in [5, 5.41) is 26.1. The van der Waals surface area contributed by atoms with E-state index in [2.05, 4.69) is 0 Å². The number of carbonyl (C=O) groups excluding carboxylic acids is 1. The second-order valence-corrected chi connectivity index (χ2v) is 4.98. The average molecular weight is 278 g/mol. The van der Waals surface area contributed by atoms with E-state index in [4.69, 9.17) is 20.1 Å². The van der Waals surface area contributed by atoms with Crippen molar-refractivity contribution in [3.8, 4) is 0 Å². The van der Waals surface area contributed by atoms with Gasteiger partial charge in [0.2, 0.25) is 0 Å². The van der Waals surface area contributed by atoms with Crippen LogP contribution in [0.1, 0.15) is 53.9 Å². The number of ether oxygens (including phenoxy) is 1. The number of carboxylic acid groups (broad SMARTS) is 1. The van der Waals surface area contributed by atoms with Crippen molar-refractivity contribution in [3.05, 3.63) is 0 Å². The molecule has 1 atom stereocenters. The highest BCUT2D eigenvalue weighted by molar-refractivity contribution is 5.78. The van der Waals surface area contributed by atoms with Crippen LogP contribution < -0.4 is 0 Å². The Bertz CT molecular complexity index is 277. The van der Waals surface area contributed by atoms with Crippen LogP contribution in [0, 0.1) is 0 Å². The molecule has 6 nitrogen and oxygen atoms in total. The molecule has 0 aromatic carbocycles. The van der Waals surface area contributed by atoms with Gasteiger partial charge in [0.05, 0.1) is 6.61 Å². The maximum absolute atomic E-state index is 10.9. The first-order valence-corrected chi connectivity index (χ1v) is 6.34. The van der Waals surface area contributed by atoms with Gasteiger partial charge in [-0.1, -0.05) is 20.3 Å². The van der Waals surface area contributed by atoms with E-state index in [0.717, 1.165) is 12.8 Å². The third-order valence-corrected chi connectivity index (χ3v) is 2.38. The highest BCUT2D eigenvalue weighted by Crippen LogP contribution is 2.06. The van der Waals surface area contributed by atoms with E-state index in [0.29, 0.717) is 6.61 Å². The molecule has 0 aromatic heterocycles. The van der Waals surface area contributed by atoms with E-state index in [1.807, 2.05) is 6.92 Å². The van der Waals surface area contributed by atoms with Crippen LogP contribution in [0.2, 0.25) is 0 Å². The monoisotopic (exact) mass is 278 g/mol. The van der Waals surface area contributed by atoms with Crippen LogP contribution in [0.25, 0.3) is 0 Å². The van der Waals surface area contributed by atoms with Crippen molar-refractivity contribution < 1.29 is 29.6 Å². The lowest BCUT2D eigenvalue weighted by Gasteiger charge is -2.14. The van der Waals surface area contributed by atoms with Gasteiger partial charge in [0.25, 0.3) is 0 Å². The summed E-state index contributed by atoms with van der Waals surface area (Å²) in [5.74, 6) is -1.72. The number of hydrogen-bond donors (Lipinski definition) is 3. The van der Waals surface area contributed by atoms with Crippen molar-refractivity contribution >= 4 is 11.9 Å². The molecule has 0 aliphatic carbocycles. The van der Waals surface area contributed by atoms with E-state index >= 15 is 0 Å². The molecule has 19 heavy (non-hydrogen) atoms. The fourth-order valence-electron chi connectivity index (χ4n) is 0.637. The number of carbonyl (C=O) groups is 2. The predicted octanol–water partition coefficient (Wildman–Crippen LogP) is 1.33. The smallest absolute Gasteiger partial charge is 0.337 e. The minimum atomic E-state index is -1.54. The highest BCUT2D eigenvalue weighted by atomic mass is 16.5. The number of rotatable bonds is 6. The van der Waals surface area contributed by atoms with Gasteiger partial charge in [-0.15, -0.1) is 0 Å². The van der Waals surface area contributed by atoms with E-state index < -0.39 is 23.1 Å². The Labute approximate surface area is 114 Å². The number of unbranched alkanes of at least 4 members (excludes halogenated alkanes) is 1. The van der Waals surface area contributed by atoms with Crippen molar-refractivity contribution in [2.24, 2.45) is 0 Å². The summed E-state index contributed by atoms with van der Waals surface area (Å²) in [6, 6.07) is 0. The maximum Gasteiger partial charge on any atom is 0.337 e. The van der Waals surface area contributed by atoms with Gasteiger partial charge in [0.1, 0.15) is 0 Å². The second-order valence-electron chi connectivity index (χ2n) is 4.98. The number of aliphatic hydroxyl groups is 2. The lowest BCUT2D eigenvalue weighted by atomic mass is 10.1. The Morgan fingerprint density at radius 1 is 1.11 bits per heavy atom. The molecule has 0 heterocycles. The van der Waals surface area contributed by atoms with Gasteiger partial charge >= 0.3 is 11.9 Å². The Hall–Kier alpha value is -1.14. The van der Waals surface area contributed by atoms with Crippen molar-refractivity contribution in [1.82, 2.24) is 0 Å². The van der Waals surface area contributed by atoms with E-state index in [9.17, 15) is 9.59 Å². The largest absolute Gasteiger partial charge is 0.479 e. The summed E-state index contributed by atoms with van der Waals surface area (Å²) in [6.45, 7) is 8.14. The first-order chi connectivity index (χ1) is 8.49. The van der Waals surface area contributed by atoms with Crippen LogP contribution in [0.4, 0.5) is 0 Å². The molecule has 0 spiro atoms. The average Bonchev–Trinajstić information content (AvgIpc) is 2.28. The predicted molar refractivity (Wildman–Crippen MR) is 70.7 cm³/mol. The van der Waals surface area contributed by atoms with E-state index in [-0.39, 0.29) is 6.42 Å². The summed E-state index contributed by atoms with van der Waals surface area (Å²) in [5.41, 5.74) is -2.90. The lowest BCUT2D eigenvalue weighted by molar-refractivity contribution is -0.161. The molecule has 0 amide bonds. The van der Waals surface area contributed by atoms with Crippen LogP contribution in [0.5, 0.6) is 0 Å². The highest BCUT2D eigenvalue weighted by Gasteiger charge is 2.26. The fourth-order valence-corrected chi connectivity index (χ4v) is 0.637. The van der Waals surface area contributed by atoms with Gasteiger partial charge in [-0.2, -0.15) is 0 Å². The molecule has 0 saturated carbocycles. The lowest BCUT2D eigenvalue weighted by Crippen LogP contribution is -2.33. The molecule has 0 bridgehead atoms. The van der Waals surface area contributed by atoms with Crippen LogP contribution in [-0.2, 0) is 14.3 Å². The van der Waals surface area contributed by atoms with Gasteiger partial charge < -0.3 is 20.1 Å². The normalized spacial score (nSPS) is 13.8. The fraction of sp³-hybridized carbons (Fsp3) is 0.846. The zero-order chi connectivity index (χ0) is 15.7. The summed E-state index contributed by atoms with van der Waals surface area (Å²) in [6.07, 6.45) is 2.07. The molecule has 6 heteroatoms. The van der Waals surface area contributed by atoms with Crippen molar-refractivity contribution in [2.75, 3.05) is 6.61 Å². The van der Waals surface area contributed by atoms with Crippen molar-refractivity contribution in [1.29, 1.82) is 0 Å². The molecular weight excluding hydrogens is 252 g/mol.